The summed E-state index contributed by atoms with van der Waals surface area (Å²) < 4.78 is 12.7. The molecule has 2 aromatic rings. The van der Waals surface area contributed by atoms with E-state index in [0.29, 0.717) is 5.92 Å². The van der Waals surface area contributed by atoms with Crippen molar-refractivity contribution < 1.29 is 4.39 Å². The van der Waals surface area contributed by atoms with Crippen LogP contribution in [0.25, 0.3) is 0 Å². The van der Waals surface area contributed by atoms with Crippen LogP contribution in [0.3, 0.4) is 0 Å². The van der Waals surface area contributed by atoms with E-state index in [9.17, 15) is 4.39 Å². The molecule has 0 saturated heterocycles. The monoisotopic (exact) mass is 250 g/mol. The molecule has 0 fully saturated rings. The molecule has 1 N–H and O–H groups in total. The van der Waals surface area contributed by atoms with Gasteiger partial charge in [0.05, 0.1) is 17.9 Å². The van der Waals surface area contributed by atoms with Gasteiger partial charge in [-0.05, 0) is 29.5 Å². The molecule has 2 heterocycles. The van der Waals surface area contributed by atoms with Crippen molar-refractivity contribution in [3.63, 3.8) is 0 Å². The quantitative estimate of drug-likeness (QED) is 0.827. The van der Waals surface area contributed by atoms with Crippen molar-refractivity contribution in [3.05, 3.63) is 46.7 Å². The third-order valence-electron chi connectivity index (χ3n) is 2.57. The Balaban J connectivity index is 2.16. The van der Waals surface area contributed by atoms with Gasteiger partial charge in [-0.15, -0.1) is 11.3 Å². The molecule has 0 amide bonds. The first-order valence-corrected chi connectivity index (χ1v) is 6.46. The first-order valence-electron chi connectivity index (χ1n) is 5.58. The van der Waals surface area contributed by atoms with E-state index < -0.39 is 5.95 Å². The molecule has 0 bridgehead atoms. The number of hydrogen-bond acceptors (Lipinski definition) is 3. The highest BCUT2D eigenvalue weighted by atomic mass is 32.1. The summed E-state index contributed by atoms with van der Waals surface area (Å²) in [6.07, 6.45) is 1.53. The van der Waals surface area contributed by atoms with Crippen LogP contribution >= 0.6 is 11.3 Å². The van der Waals surface area contributed by atoms with Crippen LogP contribution in [-0.4, -0.2) is 4.98 Å². The summed E-state index contributed by atoms with van der Waals surface area (Å²) in [6.45, 7) is 4.32. The highest BCUT2D eigenvalue weighted by Gasteiger charge is 2.16. The van der Waals surface area contributed by atoms with Crippen molar-refractivity contribution in [1.82, 2.24) is 4.98 Å². The standard InChI is InChI=1S/C13H15FN2S/c1-9(2)13(11-4-3-7-17-11)16-10-5-6-12(14)15-8-10/h3-9,13,16H,1-2H3. The van der Waals surface area contributed by atoms with Gasteiger partial charge in [0.1, 0.15) is 0 Å². The summed E-state index contributed by atoms with van der Waals surface area (Å²) >= 11 is 1.72. The fraction of sp³-hybridized carbons (Fsp3) is 0.308. The number of halogens is 1. The summed E-state index contributed by atoms with van der Waals surface area (Å²) in [4.78, 5) is 4.93. The van der Waals surface area contributed by atoms with Gasteiger partial charge in [-0.25, -0.2) is 4.98 Å². The Hall–Kier alpha value is -1.42. The Morgan fingerprint density at radius 2 is 2.12 bits per heavy atom. The molecule has 1 atom stereocenters. The largest absolute Gasteiger partial charge is 0.376 e. The second-order valence-corrected chi connectivity index (χ2v) is 5.23. The molecular weight excluding hydrogens is 235 g/mol. The lowest BCUT2D eigenvalue weighted by Gasteiger charge is -2.22. The zero-order valence-corrected chi connectivity index (χ0v) is 10.7. The highest BCUT2D eigenvalue weighted by Crippen LogP contribution is 2.29. The van der Waals surface area contributed by atoms with Crippen LogP contribution in [0.1, 0.15) is 24.8 Å². The van der Waals surface area contributed by atoms with Crippen molar-refractivity contribution in [1.29, 1.82) is 0 Å². The third-order valence-corrected chi connectivity index (χ3v) is 3.52. The van der Waals surface area contributed by atoms with Crippen LogP contribution in [-0.2, 0) is 0 Å². The van der Waals surface area contributed by atoms with Gasteiger partial charge in [0.25, 0.3) is 0 Å². The van der Waals surface area contributed by atoms with Gasteiger partial charge in [0.15, 0.2) is 0 Å². The normalized spacial score (nSPS) is 12.7. The van der Waals surface area contributed by atoms with E-state index in [1.165, 1.54) is 17.1 Å². The summed E-state index contributed by atoms with van der Waals surface area (Å²) in [5.41, 5.74) is 0.846. The predicted octanol–water partition coefficient (Wildman–Crippen LogP) is 4.09. The molecule has 0 radical (unpaired) electrons. The SMILES string of the molecule is CC(C)C(Nc1ccc(F)nc1)c1cccs1. The summed E-state index contributed by atoms with van der Waals surface area (Å²) in [5, 5.41) is 5.45. The minimum atomic E-state index is -0.451. The molecule has 0 aromatic carbocycles. The van der Waals surface area contributed by atoms with Crippen LogP contribution in [0.15, 0.2) is 35.8 Å². The molecule has 2 aromatic heterocycles. The molecule has 0 spiro atoms. The zero-order valence-electron chi connectivity index (χ0n) is 9.85. The Kier molecular flexibility index (Phi) is 3.74. The van der Waals surface area contributed by atoms with Gasteiger partial charge in [-0.1, -0.05) is 19.9 Å². The molecule has 4 heteroatoms. The van der Waals surface area contributed by atoms with E-state index in [1.54, 1.807) is 17.4 Å². The van der Waals surface area contributed by atoms with Crippen LogP contribution in [0, 0.1) is 11.9 Å². The Bertz CT molecular complexity index is 451. The molecular formula is C13H15FN2S. The fourth-order valence-corrected chi connectivity index (χ4v) is 2.62. The number of nitrogens with one attached hydrogen (secondary N) is 1. The van der Waals surface area contributed by atoms with Gasteiger partial charge < -0.3 is 5.32 Å². The van der Waals surface area contributed by atoms with Crippen molar-refractivity contribution in [3.8, 4) is 0 Å². The lowest BCUT2D eigenvalue weighted by atomic mass is 10.0. The maximum atomic E-state index is 12.7. The molecule has 90 valence electrons. The minimum absolute atomic E-state index is 0.238. The van der Waals surface area contributed by atoms with Crippen LogP contribution in [0.4, 0.5) is 10.1 Å². The van der Waals surface area contributed by atoms with Gasteiger partial charge in [0.2, 0.25) is 5.95 Å². The van der Waals surface area contributed by atoms with Crippen molar-refractivity contribution in [2.75, 3.05) is 5.32 Å². The molecule has 0 aliphatic rings. The number of nitrogens with zero attached hydrogens (tertiary/aromatic N) is 1. The van der Waals surface area contributed by atoms with E-state index in [2.05, 4.69) is 35.6 Å². The first kappa shape index (κ1) is 12.0. The molecule has 1 unspecified atom stereocenters. The Morgan fingerprint density at radius 3 is 2.65 bits per heavy atom. The Labute approximate surface area is 105 Å². The van der Waals surface area contributed by atoms with E-state index in [1.807, 2.05) is 6.07 Å². The number of rotatable bonds is 4. The van der Waals surface area contributed by atoms with Crippen LogP contribution in [0.2, 0.25) is 0 Å². The predicted molar refractivity (Wildman–Crippen MR) is 69.7 cm³/mol. The maximum Gasteiger partial charge on any atom is 0.212 e. The lowest BCUT2D eigenvalue weighted by Crippen LogP contribution is -2.15. The zero-order chi connectivity index (χ0) is 12.3. The second kappa shape index (κ2) is 5.27. The molecule has 0 aliphatic carbocycles. The van der Waals surface area contributed by atoms with E-state index in [0.717, 1.165) is 5.69 Å². The van der Waals surface area contributed by atoms with Crippen molar-refractivity contribution in [2.45, 2.75) is 19.9 Å². The second-order valence-electron chi connectivity index (χ2n) is 4.25. The Morgan fingerprint density at radius 1 is 1.29 bits per heavy atom. The number of thiophene rings is 1. The minimum Gasteiger partial charge on any atom is -0.376 e. The van der Waals surface area contributed by atoms with E-state index >= 15 is 0 Å². The summed E-state index contributed by atoms with van der Waals surface area (Å²) in [6, 6.07) is 7.47. The van der Waals surface area contributed by atoms with Crippen molar-refractivity contribution >= 4 is 17.0 Å². The molecule has 2 rings (SSSR count). The number of anilines is 1. The van der Waals surface area contributed by atoms with Gasteiger partial charge in [-0.3, -0.25) is 0 Å². The smallest absolute Gasteiger partial charge is 0.212 e. The summed E-state index contributed by atoms with van der Waals surface area (Å²) in [5.74, 6) is 0.00599. The number of hydrogen-bond donors (Lipinski definition) is 1. The average Bonchev–Trinajstić information content (AvgIpc) is 2.81. The average molecular weight is 250 g/mol. The van der Waals surface area contributed by atoms with Gasteiger partial charge in [0, 0.05) is 4.88 Å². The first-order chi connectivity index (χ1) is 8.16. The van der Waals surface area contributed by atoms with Crippen LogP contribution in [0.5, 0.6) is 0 Å². The van der Waals surface area contributed by atoms with Gasteiger partial charge >= 0.3 is 0 Å². The number of pyridine rings is 1. The fourth-order valence-electron chi connectivity index (χ4n) is 1.68. The third kappa shape index (κ3) is 3.03. The van der Waals surface area contributed by atoms with Crippen LogP contribution < -0.4 is 5.32 Å². The maximum absolute atomic E-state index is 12.7. The van der Waals surface area contributed by atoms with Crippen molar-refractivity contribution in [2.24, 2.45) is 5.92 Å². The molecule has 17 heavy (non-hydrogen) atoms. The van der Waals surface area contributed by atoms with Gasteiger partial charge in [-0.2, -0.15) is 4.39 Å². The van der Waals surface area contributed by atoms with E-state index in [-0.39, 0.29) is 6.04 Å². The molecule has 2 nitrogen and oxygen atoms in total. The summed E-state index contributed by atoms with van der Waals surface area (Å²) in [7, 11) is 0. The highest BCUT2D eigenvalue weighted by molar-refractivity contribution is 7.10. The lowest BCUT2D eigenvalue weighted by molar-refractivity contribution is 0.552. The topological polar surface area (TPSA) is 24.9 Å². The molecule has 0 aliphatic heterocycles. The van der Waals surface area contributed by atoms with E-state index in [4.69, 9.17) is 0 Å². The molecule has 0 saturated carbocycles. The number of aromatic nitrogens is 1.